The van der Waals surface area contributed by atoms with E-state index < -0.39 is 15.9 Å². The summed E-state index contributed by atoms with van der Waals surface area (Å²) >= 11 is 27.1. The molecule has 2 rings (SSSR count). The molecule has 0 aliphatic heterocycles. The van der Waals surface area contributed by atoms with Gasteiger partial charge in [-0.15, -0.1) is 0 Å². The number of rotatable bonds is 4. The van der Waals surface area contributed by atoms with E-state index in [1.54, 1.807) is 30.3 Å². The molecule has 0 radical (unpaired) electrons. The first-order valence-corrected chi connectivity index (χ1v) is 8.71. The Morgan fingerprint density at radius 1 is 1.09 bits per heavy atom. The molecule has 2 aromatic rings. The minimum Gasteiger partial charge on any atom is -0.362 e. The Hall–Kier alpha value is -0.650. The van der Waals surface area contributed by atoms with Gasteiger partial charge in [-0.1, -0.05) is 68.4 Å². The maximum atomic E-state index is 12.3. The fourth-order valence-corrected chi connectivity index (χ4v) is 2.54. The predicted octanol–water partition coefficient (Wildman–Crippen LogP) is 5.64. The molecule has 0 saturated carbocycles. The SMILES string of the molecule is O=C(NC(Nc1ccc(Br)cc1)C(Cl)(Cl)Cl)c1cccc(Cl)c1. The lowest BCUT2D eigenvalue weighted by Crippen LogP contribution is -2.49. The lowest BCUT2D eigenvalue weighted by Gasteiger charge is -2.27. The molecule has 0 bridgehead atoms. The van der Waals surface area contributed by atoms with Gasteiger partial charge in [0.1, 0.15) is 6.17 Å². The summed E-state index contributed by atoms with van der Waals surface area (Å²) in [5.41, 5.74) is 1.06. The Morgan fingerprint density at radius 3 is 2.30 bits per heavy atom. The van der Waals surface area contributed by atoms with Crippen LogP contribution in [0.1, 0.15) is 10.4 Å². The van der Waals surface area contributed by atoms with E-state index in [4.69, 9.17) is 46.4 Å². The molecule has 0 saturated heterocycles. The van der Waals surface area contributed by atoms with Crippen molar-refractivity contribution in [2.45, 2.75) is 9.96 Å². The molecule has 8 heteroatoms. The van der Waals surface area contributed by atoms with Crippen LogP contribution in [0.5, 0.6) is 0 Å². The predicted molar refractivity (Wildman–Crippen MR) is 101 cm³/mol. The summed E-state index contributed by atoms with van der Waals surface area (Å²) in [6, 6.07) is 13.7. The molecule has 0 aliphatic carbocycles. The third-order valence-corrected chi connectivity index (χ3v) is 4.26. The van der Waals surface area contributed by atoms with Crippen molar-refractivity contribution in [2.24, 2.45) is 0 Å². The average Bonchev–Trinajstić information content (AvgIpc) is 2.47. The van der Waals surface area contributed by atoms with Gasteiger partial charge in [0, 0.05) is 20.7 Å². The highest BCUT2D eigenvalue weighted by atomic mass is 79.9. The molecule has 1 unspecified atom stereocenters. The summed E-state index contributed by atoms with van der Waals surface area (Å²) in [6.45, 7) is 0. The number of nitrogens with one attached hydrogen (secondary N) is 2. The first-order valence-electron chi connectivity index (χ1n) is 6.41. The number of hydrogen-bond donors (Lipinski definition) is 2. The summed E-state index contributed by atoms with van der Waals surface area (Å²) in [4.78, 5) is 12.3. The highest BCUT2D eigenvalue weighted by Crippen LogP contribution is 2.31. The van der Waals surface area contributed by atoms with E-state index in [0.29, 0.717) is 16.3 Å². The van der Waals surface area contributed by atoms with Crippen LogP contribution in [0.2, 0.25) is 5.02 Å². The number of halogens is 5. The van der Waals surface area contributed by atoms with E-state index in [2.05, 4.69) is 26.6 Å². The molecule has 0 fully saturated rings. The number of anilines is 1. The lowest BCUT2D eigenvalue weighted by atomic mass is 10.2. The second-order valence-corrected chi connectivity index (χ2v) is 8.33. The van der Waals surface area contributed by atoms with E-state index in [1.165, 1.54) is 6.07 Å². The van der Waals surface area contributed by atoms with Gasteiger partial charge in [0.15, 0.2) is 0 Å². The highest BCUT2D eigenvalue weighted by molar-refractivity contribution is 9.10. The summed E-state index contributed by atoms with van der Waals surface area (Å²) in [5, 5.41) is 6.08. The van der Waals surface area contributed by atoms with Gasteiger partial charge in [0.05, 0.1) is 0 Å². The zero-order valence-electron chi connectivity index (χ0n) is 11.5. The van der Waals surface area contributed by atoms with E-state index >= 15 is 0 Å². The quantitative estimate of drug-likeness (QED) is 0.461. The van der Waals surface area contributed by atoms with E-state index in [-0.39, 0.29) is 0 Å². The third kappa shape index (κ3) is 5.73. The molecule has 2 N–H and O–H groups in total. The fraction of sp³-hybridized carbons (Fsp3) is 0.133. The van der Waals surface area contributed by atoms with Crippen LogP contribution in [0, 0.1) is 0 Å². The van der Waals surface area contributed by atoms with Crippen molar-refractivity contribution in [1.29, 1.82) is 0 Å². The highest BCUT2D eigenvalue weighted by Gasteiger charge is 2.34. The monoisotopic (exact) mass is 454 g/mol. The first kappa shape index (κ1) is 18.7. The van der Waals surface area contributed by atoms with Gasteiger partial charge < -0.3 is 10.6 Å². The van der Waals surface area contributed by atoms with Crippen LogP contribution in [0.25, 0.3) is 0 Å². The largest absolute Gasteiger partial charge is 0.362 e. The van der Waals surface area contributed by atoms with Crippen molar-refractivity contribution in [3.63, 3.8) is 0 Å². The van der Waals surface area contributed by atoms with Crippen LogP contribution in [-0.4, -0.2) is 15.9 Å². The number of benzene rings is 2. The number of hydrogen-bond acceptors (Lipinski definition) is 2. The molecule has 0 aromatic heterocycles. The molecule has 2 aromatic carbocycles. The molecule has 3 nitrogen and oxygen atoms in total. The molecule has 0 heterocycles. The van der Waals surface area contributed by atoms with Crippen LogP contribution in [0.3, 0.4) is 0 Å². The van der Waals surface area contributed by atoms with Crippen LogP contribution in [-0.2, 0) is 0 Å². The Balaban J connectivity index is 2.16. The molecule has 122 valence electrons. The summed E-state index contributed by atoms with van der Waals surface area (Å²) in [7, 11) is 0. The van der Waals surface area contributed by atoms with Crippen LogP contribution in [0.15, 0.2) is 53.0 Å². The first-order chi connectivity index (χ1) is 10.8. The van der Waals surface area contributed by atoms with E-state index in [0.717, 1.165) is 4.47 Å². The smallest absolute Gasteiger partial charge is 0.253 e. The number of amides is 1. The van der Waals surface area contributed by atoms with Crippen LogP contribution < -0.4 is 10.6 Å². The van der Waals surface area contributed by atoms with Gasteiger partial charge in [-0.2, -0.15) is 0 Å². The Kier molecular flexibility index (Phi) is 6.46. The molecular formula is C15H11BrCl4N2O. The van der Waals surface area contributed by atoms with Crippen LogP contribution in [0.4, 0.5) is 5.69 Å². The molecule has 23 heavy (non-hydrogen) atoms. The zero-order valence-corrected chi connectivity index (χ0v) is 16.1. The normalized spacial score (nSPS) is 12.6. The van der Waals surface area contributed by atoms with Crippen molar-refractivity contribution in [3.05, 3.63) is 63.6 Å². The van der Waals surface area contributed by atoms with Gasteiger partial charge in [0.2, 0.25) is 3.79 Å². The topological polar surface area (TPSA) is 41.1 Å². The van der Waals surface area contributed by atoms with Gasteiger partial charge in [-0.25, -0.2) is 0 Å². The lowest BCUT2D eigenvalue weighted by molar-refractivity contribution is 0.0942. The van der Waals surface area contributed by atoms with Crippen LogP contribution >= 0.6 is 62.3 Å². The maximum absolute atomic E-state index is 12.3. The van der Waals surface area contributed by atoms with Gasteiger partial charge in [-0.05, 0) is 42.5 Å². The maximum Gasteiger partial charge on any atom is 0.253 e. The Labute approximate surface area is 162 Å². The standard InChI is InChI=1S/C15H11BrCl4N2O/c16-10-4-6-12(7-5-10)21-14(15(18,19)20)22-13(23)9-2-1-3-11(17)8-9/h1-8,14,21H,(H,22,23). The van der Waals surface area contributed by atoms with Crippen molar-refractivity contribution < 1.29 is 4.79 Å². The second-order valence-electron chi connectivity index (χ2n) is 4.61. The second kappa shape index (κ2) is 7.95. The van der Waals surface area contributed by atoms with Crippen molar-refractivity contribution in [2.75, 3.05) is 5.32 Å². The minimum absolute atomic E-state index is 0.370. The van der Waals surface area contributed by atoms with Gasteiger partial charge in [0.25, 0.3) is 5.91 Å². The summed E-state index contributed by atoms with van der Waals surface area (Å²) < 4.78 is -0.835. The molecule has 0 spiro atoms. The van der Waals surface area contributed by atoms with Gasteiger partial charge in [-0.3, -0.25) is 4.79 Å². The third-order valence-electron chi connectivity index (χ3n) is 2.84. The number of alkyl halides is 3. The molecule has 1 amide bonds. The van der Waals surface area contributed by atoms with Crippen molar-refractivity contribution >= 4 is 73.9 Å². The molecule has 1 atom stereocenters. The summed E-state index contributed by atoms with van der Waals surface area (Å²) in [6.07, 6.45) is -0.930. The van der Waals surface area contributed by atoms with Crippen molar-refractivity contribution in [1.82, 2.24) is 5.32 Å². The van der Waals surface area contributed by atoms with Gasteiger partial charge >= 0.3 is 0 Å². The fourth-order valence-electron chi connectivity index (χ4n) is 1.76. The summed E-state index contributed by atoms with van der Waals surface area (Å²) in [5.74, 6) is -0.409. The molecular weight excluding hydrogens is 446 g/mol. The van der Waals surface area contributed by atoms with E-state index in [1.807, 2.05) is 12.1 Å². The minimum atomic E-state index is -1.75. The van der Waals surface area contributed by atoms with Crippen molar-refractivity contribution in [3.8, 4) is 0 Å². The zero-order chi connectivity index (χ0) is 17.0. The Bertz CT molecular complexity index is 689. The number of carbonyl (C=O) groups excluding carboxylic acids is 1. The molecule has 0 aliphatic rings. The average molecular weight is 457 g/mol. The van der Waals surface area contributed by atoms with E-state index in [9.17, 15) is 4.79 Å². The Morgan fingerprint density at radius 2 is 1.74 bits per heavy atom. The number of carbonyl (C=O) groups is 1.